The molecule has 17 heavy (non-hydrogen) atoms. The minimum Gasteiger partial charge on any atom is -0.396 e. The molecule has 0 saturated carbocycles. The van der Waals surface area contributed by atoms with Gasteiger partial charge in [-0.05, 0) is 45.2 Å². The quantitative estimate of drug-likeness (QED) is 0.630. The van der Waals surface area contributed by atoms with Crippen molar-refractivity contribution >= 4 is 17.7 Å². The van der Waals surface area contributed by atoms with Crippen LogP contribution in [0.5, 0.6) is 0 Å². The lowest BCUT2D eigenvalue weighted by Crippen LogP contribution is -2.44. The maximum atomic E-state index is 10.9. The fourth-order valence-corrected chi connectivity index (χ4v) is 2.79. The summed E-state index contributed by atoms with van der Waals surface area (Å²) in [4.78, 5) is 13.3. The van der Waals surface area contributed by atoms with Gasteiger partial charge in [-0.25, -0.2) is 0 Å². The summed E-state index contributed by atoms with van der Waals surface area (Å²) in [5, 5.41) is 0. The Labute approximate surface area is 103 Å². The van der Waals surface area contributed by atoms with Crippen LogP contribution >= 0.6 is 0 Å². The van der Waals surface area contributed by atoms with E-state index in [0.29, 0.717) is 23.3 Å². The van der Waals surface area contributed by atoms with Gasteiger partial charge in [0.15, 0.2) is 6.29 Å². The molecule has 0 amide bonds. The summed E-state index contributed by atoms with van der Waals surface area (Å²) in [5.41, 5.74) is 8.29. The van der Waals surface area contributed by atoms with E-state index >= 15 is 0 Å². The number of carbonyl (C=O) groups excluding carboxylic acids is 1. The van der Waals surface area contributed by atoms with E-state index in [2.05, 4.69) is 18.7 Å². The molecular formula is C14H20N2O. The Bertz CT molecular complexity index is 407. The van der Waals surface area contributed by atoms with E-state index in [1.54, 1.807) is 6.07 Å². The summed E-state index contributed by atoms with van der Waals surface area (Å²) in [5.74, 6) is 0. The number of rotatable bonds is 2. The van der Waals surface area contributed by atoms with Gasteiger partial charge >= 0.3 is 0 Å². The lowest BCUT2D eigenvalue weighted by atomic mass is 9.96. The van der Waals surface area contributed by atoms with Gasteiger partial charge < -0.3 is 10.6 Å². The first-order valence-corrected chi connectivity index (χ1v) is 6.27. The number of nitrogens with two attached hydrogens (primary N) is 1. The molecule has 0 bridgehead atoms. The van der Waals surface area contributed by atoms with Gasteiger partial charge in [0.05, 0.1) is 11.4 Å². The summed E-state index contributed by atoms with van der Waals surface area (Å²) < 4.78 is 0. The van der Waals surface area contributed by atoms with Crippen molar-refractivity contribution in [2.24, 2.45) is 0 Å². The number of anilines is 2. The summed E-state index contributed by atoms with van der Waals surface area (Å²) in [6.45, 7) is 4.45. The molecule has 1 aromatic carbocycles. The van der Waals surface area contributed by atoms with E-state index in [1.807, 2.05) is 12.1 Å². The first-order valence-electron chi connectivity index (χ1n) is 6.27. The highest BCUT2D eigenvalue weighted by molar-refractivity contribution is 5.89. The van der Waals surface area contributed by atoms with Gasteiger partial charge in [-0.2, -0.15) is 0 Å². The first kappa shape index (κ1) is 12.0. The normalized spacial score (nSPS) is 24.7. The smallest absolute Gasteiger partial charge is 0.152 e. The number of benzene rings is 1. The number of hydrogen-bond donors (Lipinski definition) is 1. The third-order valence-corrected chi connectivity index (χ3v) is 3.72. The van der Waals surface area contributed by atoms with E-state index in [-0.39, 0.29) is 0 Å². The van der Waals surface area contributed by atoms with Crippen molar-refractivity contribution in [2.75, 3.05) is 10.6 Å². The average Bonchev–Trinajstić information content (AvgIpc) is 2.31. The van der Waals surface area contributed by atoms with Crippen LogP contribution in [0.15, 0.2) is 18.2 Å². The molecular weight excluding hydrogens is 212 g/mol. The molecule has 0 aromatic heterocycles. The molecule has 0 spiro atoms. The van der Waals surface area contributed by atoms with Gasteiger partial charge in [0, 0.05) is 17.6 Å². The molecule has 2 rings (SSSR count). The van der Waals surface area contributed by atoms with E-state index in [9.17, 15) is 4.79 Å². The van der Waals surface area contributed by atoms with Crippen LogP contribution in [0.25, 0.3) is 0 Å². The highest BCUT2D eigenvalue weighted by Gasteiger charge is 2.26. The van der Waals surface area contributed by atoms with E-state index in [0.717, 1.165) is 12.0 Å². The molecule has 1 aliphatic heterocycles. The van der Waals surface area contributed by atoms with E-state index < -0.39 is 0 Å². The summed E-state index contributed by atoms with van der Waals surface area (Å²) in [7, 11) is 0. The van der Waals surface area contributed by atoms with Gasteiger partial charge in [-0.3, -0.25) is 4.79 Å². The predicted octanol–water partition coefficient (Wildman–Crippen LogP) is 2.85. The molecule has 1 saturated heterocycles. The maximum Gasteiger partial charge on any atom is 0.152 e. The van der Waals surface area contributed by atoms with Crippen LogP contribution in [-0.4, -0.2) is 18.4 Å². The lowest BCUT2D eigenvalue weighted by Gasteiger charge is -2.41. The number of aldehydes is 1. The zero-order valence-electron chi connectivity index (χ0n) is 10.5. The Morgan fingerprint density at radius 2 is 1.94 bits per heavy atom. The molecule has 0 radical (unpaired) electrons. The molecule has 1 fully saturated rings. The van der Waals surface area contributed by atoms with Crippen molar-refractivity contribution in [3.8, 4) is 0 Å². The van der Waals surface area contributed by atoms with Crippen LogP contribution in [0, 0.1) is 0 Å². The second-order valence-corrected chi connectivity index (χ2v) is 4.93. The third kappa shape index (κ3) is 2.14. The number of piperidine rings is 1. The van der Waals surface area contributed by atoms with Crippen molar-refractivity contribution < 1.29 is 4.79 Å². The van der Waals surface area contributed by atoms with Crippen LogP contribution in [0.2, 0.25) is 0 Å². The zero-order chi connectivity index (χ0) is 12.4. The highest BCUT2D eigenvalue weighted by atomic mass is 16.1. The van der Waals surface area contributed by atoms with Gasteiger partial charge in [0.1, 0.15) is 0 Å². The Morgan fingerprint density at radius 3 is 2.53 bits per heavy atom. The Balaban J connectivity index is 2.41. The highest BCUT2D eigenvalue weighted by Crippen LogP contribution is 2.34. The van der Waals surface area contributed by atoms with E-state index in [4.69, 9.17) is 5.73 Å². The molecule has 2 N–H and O–H groups in total. The molecule has 92 valence electrons. The maximum absolute atomic E-state index is 10.9. The van der Waals surface area contributed by atoms with Crippen molar-refractivity contribution in [2.45, 2.75) is 45.2 Å². The van der Waals surface area contributed by atoms with Crippen molar-refractivity contribution in [3.63, 3.8) is 0 Å². The van der Waals surface area contributed by atoms with Crippen LogP contribution in [-0.2, 0) is 0 Å². The fourth-order valence-electron chi connectivity index (χ4n) is 2.79. The fraction of sp³-hybridized carbons (Fsp3) is 0.500. The summed E-state index contributed by atoms with van der Waals surface area (Å²) in [6, 6.07) is 6.67. The number of para-hydroxylation sites is 1. The van der Waals surface area contributed by atoms with Gasteiger partial charge in [0.2, 0.25) is 0 Å². The van der Waals surface area contributed by atoms with Crippen molar-refractivity contribution in [3.05, 3.63) is 23.8 Å². The lowest BCUT2D eigenvalue weighted by molar-refractivity contribution is 0.112. The van der Waals surface area contributed by atoms with Gasteiger partial charge in [-0.15, -0.1) is 0 Å². The van der Waals surface area contributed by atoms with Crippen LogP contribution < -0.4 is 10.6 Å². The van der Waals surface area contributed by atoms with Gasteiger partial charge in [-0.1, -0.05) is 6.07 Å². The Morgan fingerprint density at radius 1 is 1.29 bits per heavy atom. The molecule has 0 aliphatic carbocycles. The van der Waals surface area contributed by atoms with Crippen LogP contribution in [0.4, 0.5) is 11.4 Å². The summed E-state index contributed by atoms with van der Waals surface area (Å²) in [6.07, 6.45) is 4.48. The predicted molar refractivity (Wildman–Crippen MR) is 71.5 cm³/mol. The van der Waals surface area contributed by atoms with Crippen LogP contribution in [0.1, 0.15) is 43.5 Å². The second kappa shape index (κ2) is 4.78. The number of carbonyl (C=O) groups is 1. The molecule has 1 aliphatic rings. The molecule has 1 heterocycles. The van der Waals surface area contributed by atoms with Crippen molar-refractivity contribution in [1.82, 2.24) is 0 Å². The third-order valence-electron chi connectivity index (χ3n) is 3.72. The monoisotopic (exact) mass is 232 g/mol. The average molecular weight is 232 g/mol. The standard InChI is InChI=1S/C14H20N2O/c1-10-5-3-6-11(2)16(10)13-8-4-7-12(9-17)14(13)15/h4,7-11H,3,5-6,15H2,1-2H3. The second-order valence-electron chi connectivity index (χ2n) is 4.93. The number of hydrogen-bond acceptors (Lipinski definition) is 3. The first-order chi connectivity index (χ1) is 8.15. The number of nitrogens with zero attached hydrogens (tertiary/aromatic N) is 1. The molecule has 3 nitrogen and oxygen atoms in total. The Hall–Kier alpha value is -1.51. The summed E-state index contributed by atoms with van der Waals surface area (Å²) >= 11 is 0. The zero-order valence-corrected chi connectivity index (χ0v) is 10.5. The molecule has 2 atom stereocenters. The SMILES string of the molecule is CC1CCCC(C)N1c1cccc(C=O)c1N. The molecule has 2 unspecified atom stereocenters. The van der Waals surface area contributed by atoms with Crippen LogP contribution in [0.3, 0.4) is 0 Å². The molecule has 1 aromatic rings. The topological polar surface area (TPSA) is 46.3 Å². The largest absolute Gasteiger partial charge is 0.396 e. The Kier molecular flexibility index (Phi) is 3.36. The van der Waals surface area contributed by atoms with E-state index in [1.165, 1.54) is 19.3 Å². The minimum atomic E-state index is 0.489. The number of nitrogen functional groups attached to an aromatic ring is 1. The minimum absolute atomic E-state index is 0.489. The van der Waals surface area contributed by atoms with Crippen molar-refractivity contribution in [1.29, 1.82) is 0 Å². The van der Waals surface area contributed by atoms with Gasteiger partial charge in [0.25, 0.3) is 0 Å². The molecule has 3 heteroatoms.